The molecule has 0 aromatic heterocycles. The Bertz CT molecular complexity index is 1190. The van der Waals surface area contributed by atoms with Crippen molar-refractivity contribution < 1.29 is 43.2 Å². The maximum atomic E-state index is 13.4. The van der Waals surface area contributed by atoms with Gasteiger partial charge in [-0.05, 0) is 55.2 Å². The maximum absolute atomic E-state index is 13.4. The molecule has 0 bridgehead atoms. The van der Waals surface area contributed by atoms with Gasteiger partial charge >= 0.3 is 0 Å². The molecule has 7 N–H and O–H groups in total. The van der Waals surface area contributed by atoms with E-state index in [2.05, 4.69) is 4.72 Å². The first kappa shape index (κ1) is 26.8. The van der Waals surface area contributed by atoms with E-state index in [9.17, 15) is 43.2 Å². The maximum Gasteiger partial charge on any atom is 0.225 e. The third-order valence-electron chi connectivity index (χ3n) is 6.71. The van der Waals surface area contributed by atoms with Gasteiger partial charge in [0.2, 0.25) is 21.7 Å². The lowest BCUT2D eigenvalue weighted by atomic mass is 9.61. The summed E-state index contributed by atoms with van der Waals surface area (Å²) >= 11 is 0. The van der Waals surface area contributed by atoms with Gasteiger partial charge in [0.15, 0.2) is 11.4 Å². The van der Waals surface area contributed by atoms with E-state index in [-0.39, 0.29) is 42.7 Å². The number of aliphatic hydroxyl groups is 3. The van der Waals surface area contributed by atoms with Crippen molar-refractivity contribution in [2.24, 2.45) is 17.6 Å². The lowest BCUT2D eigenvalue weighted by molar-refractivity contribution is -0.159. The molecule has 2 aliphatic rings. The Kier molecular flexibility index (Phi) is 7.70. The minimum Gasteiger partial charge on any atom is -0.507 e. The second-order valence-corrected chi connectivity index (χ2v) is 11.0. The Labute approximate surface area is 202 Å². The third kappa shape index (κ3) is 5.25. The number of nitrogens with one attached hydrogen (secondary N) is 1. The van der Waals surface area contributed by atoms with Gasteiger partial charge in [0, 0.05) is 24.6 Å². The highest BCUT2D eigenvalue weighted by Crippen LogP contribution is 2.49. The molecule has 1 aromatic rings. The number of aryl methyl sites for hydroxylation is 1. The van der Waals surface area contributed by atoms with Crippen LogP contribution in [0.15, 0.2) is 17.7 Å². The topological polar surface area (TPSA) is 204 Å². The van der Waals surface area contributed by atoms with Crippen LogP contribution < -0.4 is 10.5 Å². The molecule has 0 unspecified atom stereocenters. The molecule has 0 radical (unpaired) electrons. The van der Waals surface area contributed by atoms with Gasteiger partial charge in [-0.3, -0.25) is 14.4 Å². The number of hydrogen-bond donors (Lipinski definition) is 6. The predicted octanol–water partition coefficient (Wildman–Crippen LogP) is -0.538. The summed E-state index contributed by atoms with van der Waals surface area (Å²) in [5, 5.41) is 42.2. The van der Waals surface area contributed by atoms with Crippen molar-refractivity contribution in [1.29, 1.82) is 0 Å². The molecule has 0 aliphatic heterocycles. The minimum atomic E-state index is -3.35. The summed E-state index contributed by atoms with van der Waals surface area (Å²) in [6, 6.07) is 3.01. The zero-order chi connectivity index (χ0) is 26.1. The van der Waals surface area contributed by atoms with Gasteiger partial charge in [-0.1, -0.05) is 6.07 Å². The number of rotatable bonds is 10. The van der Waals surface area contributed by atoms with Crippen molar-refractivity contribution in [3.63, 3.8) is 0 Å². The van der Waals surface area contributed by atoms with E-state index in [0.29, 0.717) is 18.4 Å². The molecule has 3 rings (SSSR count). The van der Waals surface area contributed by atoms with Gasteiger partial charge < -0.3 is 26.2 Å². The molecule has 11 nitrogen and oxygen atoms in total. The van der Waals surface area contributed by atoms with Gasteiger partial charge in [-0.25, -0.2) is 13.1 Å². The van der Waals surface area contributed by atoms with E-state index in [0.717, 1.165) is 11.8 Å². The van der Waals surface area contributed by atoms with Crippen LogP contribution in [0.2, 0.25) is 0 Å². The zero-order valence-electron chi connectivity index (χ0n) is 19.3. The van der Waals surface area contributed by atoms with E-state index in [1.165, 1.54) is 6.07 Å². The SMILES string of the molecule is CS(=O)(=O)NCCCc1ccc(O)c2c1C[C@H]1C[C@@H](CCO)[C@@](O)(C(=O)CC(N)=O)C(=O)C1=C2O. The molecule has 1 amide bonds. The van der Waals surface area contributed by atoms with Crippen LogP contribution in [-0.2, 0) is 37.2 Å². The van der Waals surface area contributed by atoms with E-state index in [1.54, 1.807) is 6.07 Å². The van der Waals surface area contributed by atoms with Crippen LogP contribution in [0.3, 0.4) is 0 Å². The molecule has 0 saturated heterocycles. The molecule has 0 heterocycles. The number of carbonyl (C=O) groups excluding carboxylic acids is 3. The Hall–Kier alpha value is -2.80. The third-order valence-corrected chi connectivity index (χ3v) is 7.44. The molecule has 3 atom stereocenters. The summed E-state index contributed by atoms with van der Waals surface area (Å²) in [5.74, 6) is -5.65. The van der Waals surface area contributed by atoms with Gasteiger partial charge in [-0.15, -0.1) is 0 Å². The number of ketones is 2. The number of phenols is 1. The van der Waals surface area contributed by atoms with Crippen LogP contribution in [0.4, 0.5) is 0 Å². The summed E-state index contributed by atoms with van der Waals surface area (Å²) in [6.45, 7) is -0.227. The van der Waals surface area contributed by atoms with Crippen molar-refractivity contribution in [3.8, 4) is 5.75 Å². The van der Waals surface area contributed by atoms with Crippen LogP contribution in [0.25, 0.3) is 5.76 Å². The Morgan fingerprint density at radius 1 is 1.26 bits per heavy atom. The fraction of sp³-hybridized carbons (Fsp3) is 0.522. The molecule has 1 fully saturated rings. The second-order valence-electron chi connectivity index (χ2n) is 9.14. The fourth-order valence-electron chi connectivity index (χ4n) is 5.15. The first-order valence-electron chi connectivity index (χ1n) is 11.2. The highest BCUT2D eigenvalue weighted by molar-refractivity contribution is 7.88. The van der Waals surface area contributed by atoms with Crippen molar-refractivity contribution in [2.45, 2.75) is 44.1 Å². The zero-order valence-corrected chi connectivity index (χ0v) is 20.1. The first-order valence-corrected chi connectivity index (χ1v) is 13.1. The second kappa shape index (κ2) is 10.1. The number of aromatic hydroxyl groups is 1. The van der Waals surface area contributed by atoms with Crippen molar-refractivity contribution >= 4 is 33.3 Å². The number of fused-ring (bicyclic) bond motifs is 2. The minimum absolute atomic E-state index is 0.0171. The highest BCUT2D eigenvalue weighted by Gasteiger charge is 2.57. The van der Waals surface area contributed by atoms with Gasteiger partial charge in [0.25, 0.3) is 0 Å². The standard InChI is InChI=1S/C23H30N2O9S/c1-35(33,34)25-7-2-3-12-4-5-16(27)20-15(12)10-13-9-14(6-8-26)23(32,17(28)11-18(24)29)22(31)19(13)21(20)30/h4-5,13-14,25-27,30,32H,2-3,6-11H2,1H3,(H2,24,29)/t13-,14-,23-/m1/s1. The van der Waals surface area contributed by atoms with Crippen molar-refractivity contribution in [2.75, 3.05) is 19.4 Å². The van der Waals surface area contributed by atoms with E-state index >= 15 is 0 Å². The van der Waals surface area contributed by atoms with Crippen LogP contribution in [0, 0.1) is 11.8 Å². The van der Waals surface area contributed by atoms with E-state index in [4.69, 9.17) is 5.73 Å². The smallest absolute Gasteiger partial charge is 0.225 e. The molecule has 1 aromatic carbocycles. The number of amides is 1. The summed E-state index contributed by atoms with van der Waals surface area (Å²) in [4.78, 5) is 37.5. The summed E-state index contributed by atoms with van der Waals surface area (Å²) in [6.07, 6.45) is 1.24. The number of Topliss-reactive ketones (excluding diaryl/α,β-unsaturated/α-hetero) is 2. The van der Waals surface area contributed by atoms with Crippen LogP contribution in [0.5, 0.6) is 5.75 Å². The number of nitrogens with two attached hydrogens (primary N) is 1. The number of primary amides is 1. The quantitative estimate of drug-likeness (QED) is 0.176. The van der Waals surface area contributed by atoms with Crippen LogP contribution in [0.1, 0.15) is 42.4 Å². The summed E-state index contributed by atoms with van der Waals surface area (Å²) in [5.41, 5.74) is 3.59. The average molecular weight is 511 g/mol. The highest BCUT2D eigenvalue weighted by atomic mass is 32.2. The van der Waals surface area contributed by atoms with E-state index < -0.39 is 63.7 Å². The van der Waals surface area contributed by atoms with Gasteiger partial charge in [0.1, 0.15) is 11.5 Å². The van der Waals surface area contributed by atoms with Gasteiger partial charge in [0.05, 0.1) is 18.2 Å². The molecule has 0 spiro atoms. The molecular weight excluding hydrogens is 480 g/mol. The van der Waals surface area contributed by atoms with Crippen molar-refractivity contribution in [1.82, 2.24) is 4.72 Å². The Morgan fingerprint density at radius 2 is 1.94 bits per heavy atom. The number of carbonyl (C=O) groups is 3. The number of benzene rings is 1. The number of phenolic OH excluding ortho intramolecular Hbond substituents is 1. The molecule has 2 aliphatic carbocycles. The number of hydrogen-bond acceptors (Lipinski definition) is 9. The fourth-order valence-corrected chi connectivity index (χ4v) is 5.67. The average Bonchev–Trinajstić information content (AvgIpc) is 2.74. The van der Waals surface area contributed by atoms with E-state index in [1.807, 2.05) is 0 Å². The van der Waals surface area contributed by atoms with Crippen LogP contribution >= 0.6 is 0 Å². The van der Waals surface area contributed by atoms with Crippen LogP contribution in [-0.4, -0.2) is 71.3 Å². The molecule has 1 saturated carbocycles. The molecule has 192 valence electrons. The lowest BCUT2D eigenvalue weighted by Gasteiger charge is -2.43. The molecular formula is C23H30N2O9S. The predicted molar refractivity (Wildman–Crippen MR) is 125 cm³/mol. The van der Waals surface area contributed by atoms with Gasteiger partial charge in [-0.2, -0.15) is 0 Å². The monoisotopic (exact) mass is 510 g/mol. The largest absolute Gasteiger partial charge is 0.507 e. The molecule has 35 heavy (non-hydrogen) atoms. The first-order chi connectivity index (χ1) is 16.3. The molecule has 12 heteroatoms. The van der Waals surface area contributed by atoms with Crippen molar-refractivity contribution in [3.05, 3.63) is 34.4 Å². The normalized spacial score (nSPS) is 24.1. The summed E-state index contributed by atoms with van der Waals surface area (Å²) in [7, 11) is -3.35. The Morgan fingerprint density at radius 3 is 2.54 bits per heavy atom. The number of sulfonamides is 1. The lowest BCUT2D eigenvalue weighted by Crippen LogP contribution is -2.59. The summed E-state index contributed by atoms with van der Waals surface area (Å²) < 4.78 is 25.0. The Balaban J connectivity index is 2.03. The number of aliphatic hydroxyl groups excluding tert-OH is 2.